The largest absolute Gasteiger partial charge is 0.467 e. The molecule has 0 aliphatic carbocycles. The molecule has 14 heteroatoms. The first-order valence-electron chi connectivity index (χ1n) is 18.6. The highest BCUT2D eigenvalue weighted by molar-refractivity contribution is 5.90. The van der Waals surface area contributed by atoms with Crippen molar-refractivity contribution >= 4 is 29.6 Å². The SMILES string of the molecule is CCCCC[C@H](CN(C)C(=O)[C@@H](NC(=O)[C@H](C(C)C)N(C)C)C(C)C)[C@@H](CC(=O)N1CCC[C@H]1[C@H](OC)[C@@H](C)C(=O)N[C@@H](CO)C(=O)OC)OC. The van der Waals surface area contributed by atoms with E-state index in [2.05, 4.69) is 22.3 Å². The molecule has 0 bridgehead atoms. The number of amides is 4. The van der Waals surface area contributed by atoms with Crippen LogP contribution in [0.1, 0.15) is 86.5 Å². The first-order valence-corrected chi connectivity index (χ1v) is 18.6. The number of hydrogen-bond acceptors (Lipinski definition) is 10. The fourth-order valence-corrected chi connectivity index (χ4v) is 7.26. The molecule has 0 aromatic carbocycles. The van der Waals surface area contributed by atoms with Gasteiger partial charge in [-0.25, -0.2) is 4.79 Å². The van der Waals surface area contributed by atoms with Gasteiger partial charge in [-0.3, -0.25) is 24.1 Å². The van der Waals surface area contributed by atoms with E-state index in [1.165, 1.54) is 14.2 Å². The number of nitrogens with one attached hydrogen (secondary N) is 2. The van der Waals surface area contributed by atoms with E-state index in [9.17, 15) is 29.1 Å². The second kappa shape index (κ2) is 23.0. The summed E-state index contributed by atoms with van der Waals surface area (Å²) < 4.78 is 16.4. The zero-order chi connectivity index (χ0) is 39.0. The number of likely N-dealkylation sites (tertiary alicyclic amines) is 1. The summed E-state index contributed by atoms with van der Waals surface area (Å²) in [5, 5.41) is 15.1. The number of aliphatic hydroxyl groups is 1. The zero-order valence-corrected chi connectivity index (χ0v) is 33.4. The van der Waals surface area contributed by atoms with Crippen molar-refractivity contribution in [2.75, 3.05) is 62.2 Å². The number of rotatable bonds is 23. The van der Waals surface area contributed by atoms with Gasteiger partial charge in [-0.05, 0) is 45.2 Å². The lowest BCUT2D eigenvalue weighted by atomic mass is 9.91. The van der Waals surface area contributed by atoms with Gasteiger partial charge in [0, 0.05) is 40.3 Å². The third kappa shape index (κ3) is 13.6. The number of likely N-dealkylation sites (N-methyl/N-ethyl adjacent to an activating group) is 2. The van der Waals surface area contributed by atoms with Crippen molar-refractivity contribution in [2.24, 2.45) is 23.7 Å². The summed E-state index contributed by atoms with van der Waals surface area (Å²) in [6, 6.07) is -2.68. The van der Waals surface area contributed by atoms with E-state index in [0.717, 1.165) is 32.1 Å². The van der Waals surface area contributed by atoms with Crippen LogP contribution >= 0.6 is 0 Å². The van der Waals surface area contributed by atoms with Crippen molar-refractivity contribution in [3.8, 4) is 0 Å². The highest BCUT2D eigenvalue weighted by Crippen LogP contribution is 2.29. The van der Waals surface area contributed by atoms with Gasteiger partial charge in [0.2, 0.25) is 23.6 Å². The number of hydrogen-bond donors (Lipinski definition) is 3. The maximum atomic E-state index is 14.0. The monoisotopic (exact) mass is 728 g/mol. The first kappa shape index (κ1) is 46.2. The average molecular weight is 728 g/mol. The zero-order valence-electron chi connectivity index (χ0n) is 33.4. The van der Waals surface area contributed by atoms with Crippen LogP contribution in [0.5, 0.6) is 0 Å². The van der Waals surface area contributed by atoms with Gasteiger partial charge in [0.05, 0.1) is 50.3 Å². The van der Waals surface area contributed by atoms with Crippen molar-refractivity contribution in [1.29, 1.82) is 0 Å². The molecule has 0 aromatic heterocycles. The summed E-state index contributed by atoms with van der Waals surface area (Å²) >= 11 is 0. The standard InChI is InChI=1S/C37H69N5O9/c1-13-14-15-17-26(21-41(9)36(47)31(23(2)3)39-35(46)32(24(4)5)40(7)8)29(49-10)20-30(44)42-19-16-18-28(42)33(50-11)25(6)34(45)38-27(22-43)37(48)51-12/h23-29,31-33,43H,13-22H2,1-12H3,(H,38,45)(H,39,46)/t25-,26-,27+,28+,29-,31+,32+,33-/m1/s1. The molecule has 296 valence electrons. The van der Waals surface area contributed by atoms with Crippen molar-refractivity contribution in [3.05, 3.63) is 0 Å². The predicted octanol–water partition coefficient (Wildman–Crippen LogP) is 2.07. The summed E-state index contributed by atoms with van der Waals surface area (Å²) in [6.45, 7) is 11.8. The minimum absolute atomic E-state index is 0.0588. The summed E-state index contributed by atoms with van der Waals surface area (Å²) in [4.78, 5) is 71.5. The number of carbonyl (C=O) groups is 5. The van der Waals surface area contributed by atoms with Gasteiger partial charge in [-0.1, -0.05) is 60.8 Å². The van der Waals surface area contributed by atoms with Crippen LogP contribution in [0.25, 0.3) is 0 Å². The van der Waals surface area contributed by atoms with Gasteiger partial charge >= 0.3 is 5.97 Å². The normalized spacial score (nSPS) is 18.9. The molecule has 0 saturated carbocycles. The van der Waals surface area contributed by atoms with Crippen molar-refractivity contribution in [3.63, 3.8) is 0 Å². The Morgan fingerprint density at radius 3 is 2.04 bits per heavy atom. The lowest BCUT2D eigenvalue weighted by Gasteiger charge is -2.36. The Bertz CT molecular complexity index is 1100. The number of aliphatic hydroxyl groups excluding tert-OH is 1. The van der Waals surface area contributed by atoms with Crippen LogP contribution in [-0.4, -0.2) is 148 Å². The Morgan fingerprint density at radius 2 is 1.55 bits per heavy atom. The molecule has 3 N–H and O–H groups in total. The van der Waals surface area contributed by atoms with Crippen molar-refractivity contribution in [1.82, 2.24) is 25.3 Å². The van der Waals surface area contributed by atoms with E-state index in [0.29, 0.717) is 19.5 Å². The Kier molecular flexibility index (Phi) is 20.8. The van der Waals surface area contributed by atoms with Gasteiger partial charge < -0.3 is 39.8 Å². The van der Waals surface area contributed by atoms with E-state index in [4.69, 9.17) is 9.47 Å². The Hall–Kier alpha value is -2.81. The van der Waals surface area contributed by atoms with Crippen LogP contribution in [0, 0.1) is 23.7 Å². The lowest BCUT2D eigenvalue weighted by molar-refractivity contribution is -0.148. The Morgan fingerprint density at radius 1 is 0.902 bits per heavy atom. The van der Waals surface area contributed by atoms with Gasteiger partial charge in [0.1, 0.15) is 6.04 Å². The van der Waals surface area contributed by atoms with E-state index in [1.807, 2.05) is 46.7 Å². The maximum Gasteiger partial charge on any atom is 0.330 e. The van der Waals surface area contributed by atoms with Crippen molar-refractivity contribution < 1.29 is 43.3 Å². The molecule has 1 heterocycles. The summed E-state index contributed by atoms with van der Waals surface area (Å²) in [6.07, 6.45) is 3.97. The van der Waals surface area contributed by atoms with Crippen LogP contribution < -0.4 is 10.6 Å². The minimum Gasteiger partial charge on any atom is -0.467 e. The third-order valence-electron chi connectivity index (χ3n) is 10.1. The number of carbonyl (C=O) groups excluding carboxylic acids is 5. The second-order valence-corrected chi connectivity index (χ2v) is 14.9. The van der Waals surface area contributed by atoms with Gasteiger partial charge in [0.15, 0.2) is 6.04 Å². The average Bonchev–Trinajstić information content (AvgIpc) is 3.56. The number of ether oxygens (including phenoxy) is 3. The van der Waals surface area contributed by atoms with Crippen LogP contribution in [0.2, 0.25) is 0 Å². The fraction of sp³-hybridized carbons (Fsp3) is 0.865. The Labute approximate surface area is 306 Å². The molecule has 0 unspecified atom stereocenters. The number of nitrogens with zero attached hydrogens (tertiary/aromatic N) is 3. The molecule has 4 amide bonds. The third-order valence-corrected chi connectivity index (χ3v) is 10.1. The molecule has 0 aromatic rings. The lowest BCUT2D eigenvalue weighted by Crippen LogP contribution is -2.56. The molecule has 1 aliphatic heterocycles. The fourth-order valence-electron chi connectivity index (χ4n) is 7.26. The summed E-state index contributed by atoms with van der Waals surface area (Å²) in [5.74, 6) is -2.74. The van der Waals surface area contributed by atoms with Gasteiger partial charge in [-0.15, -0.1) is 0 Å². The topological polar surface area (TPSA) is 167 Å². The van der Waals surface area contributed by atoms with Crippen LogP contribution in [-0.2, 0) is 38.2 Å². The maximum absolute atomic E-state index is 14.0. The van der Waals surface area contributed by atoms with Crippen LogP contribution in [0.15, 0.2) is 0 Å². The quantitative estimate of drug-likeness (QED) is 0.105. The van der Waals surface area contributed by atoms with E-state index in [1.54, 1.807) is 30.9 Å². The smallest absolute Gasteiger partial charge is 0.330 e. The number of unbranched alkanes of at least 4 members (excludes halogenated alkanes) is 2. The molecule has 1 fully saturated rings. The predicted molar refractivity (Wildman–Crippen MR) is 195 cm³/mol. The second-order valence-electron chi connectivity index (χ2n) is 14.9. The molecule has 14 nitrogen and oxygen atoms in total. The molecular weight excluding hydrogens is 658 g/mol. The molecule has 0 radical (unpaired) electrons. The first-order chi connectivity index (χ1) is 24.0. The van der Waals surface area contributed by atoms with Crippen LogP contribution in [0.4, 0.5) is 0 Å². The van der Waals surface area contributed by atoms with E-state index < -0.39 is 48.7 Å². The highest BCUT2D eigenvalue weighted by atomic mass is 16.5. The van der Waals surface area contributed by atoms with E-state index in [-0.39, 0.29) is 54.0 Å². The van der Waals surface area contributed by atoms with E-state index >= 15 is 0 Å². The molecule has 1 aliphatic rings. The Balaban J connectivity index is 3.19. The van der Waals surface area contributed by atoms with Crippen LogP contribution in [0.3, 0.4) is 0 Å². The molecular formula is C37H69N5O9. The minimum atomic E-state index is -1.21. The molecule has 1 rings (SSSR count). The molecule has 51 heavy (non-hydrogen) atoms. The van der Waals surface area contributed by atoms with Gasteiger partial charge in [-0.2, -0.15) is 0 Å². The summed E-state index contributed by atoms with van der Waals surface area (Å²) in [7, 11) is 9.70. The number of esters is 1. The van der Waals surface area contributed by atoms with Gasteiger partial charge in [0.25, 0.3) is 0 Å². The summed E-state index contributed by atoms with van der Waals surface area (Å²) in [5.41, 5.74) is 0. The number of methoxy groups -OCH3 is 3. The highest BCUT2D eigenvalue weighted by Gasteiger charge is 2.42. The van der Waals surface area contributed by atoms with Crippen molar-refractivity contribution in [2.45, 2.75) is 123 Å². The molecule has 8 atom stereocenters. The molecule has 0 spiro atoms. The molecule has 1 saturated heterocycles.